The third kappa shape index (κ3) is 5.88. The summed E-state index contributed by atoms with van der Waals surface area (Å²) in [7, 11) is 2.78. The van der Waals surface area contributed by atoms with Crippen LogP contribution >= 0.6 is 47.0 Å². The Morgan fingerprint density at radius 2 is 1.47 bits per heavy atom. The molecule has 0 aliphatic carbocycles. The molecule has 2 atom stereocenters. The number of esters is 1. The van der Waals surface area contributed by atoms with Gasteiger partial charge in [-0.1, -0.05) is 0 Å². The van der Waals surface area contributed by atoms with E-state index in [-0.39, 0.29) is 47.1 Å². The highest BCUT2D eigenvalue weighted by Crippen LogP contribution is 2.43. The van der Waals surface area contributed by atoms with Crippen molar-refractivity contribution in [2.75, 3.05) is 33.9 Å². The van der Waals surface area contributed by atoms with Crippen molar-refractivity contribution in [2.24, 2.45) is 11.8 Å². The van der Waals surface area contributed by atoms with Crippen LogP contribution < -0.4 is 20.1 Å². The van der Waals surface area contributed by atoms with Gasteiger partial charge in [0.1, 0.15) is 11.8 Å². The first-order valence-electron chi connectivity index (χ1n) is 11.4. The van der Waals surface area contributed by atoms with E-state index in [4.69, 9.17) is 38.6 Å². The fourth-order valence-corrected chi connectivity index (χ4v) is 5.27. The fourth-order valence-electron chi connectivity index (χ4n) is 4.10. The minimum atomic E-state index is -1.48. The average molecular weight is 677 g/mol. The number of hydrogen-bond donors (Lipinski definition) is 2. The number of hydrogen-bond acceptors (Lipinski definition) is 10. The molecule has 0 saturated carbocycles. The Labute approximate surface area is 242 Å². The third-order valence-electron chi connectivity index (χ3n) is 5.90. The maximum atomic E-state index is 13.4. The monoisotopic (exact) mass is 676 g/mol. The van der Waals surface area contributed by atoms with E-state index in [2.05, 4.69) is 10.6 Å². The number of ether oxygens (including phenoxy) is 3. The van der Waals surface area contributed by atoms with E-state index in [1.165, 1.54) is 20.2 Å². The number of halogens is 1. The van der Waals surface area contributed by atoms with Crippen molar-refractivity contribution in [3.63, 3.8) is 0 Å². The van der Waals surface area contributed by atoms with Crippen molar-refractivity contribution in [1.29, 1.82) is 0 Å². The van der Waals surface area contributed by atoms with Crippen LogP contribution in [0, 0.1) is 15.4 Å². The van der Waals surface area contributed by atoms with Crippen LogP contribution in [0.2, 0.25) is 0 Å². The van der Waals surface area contributed by atoms with Crippen LogP contribution in [0.1, 0.15) is 25.3 Å². The summed E-state index contributed by atoms with van der Waals surface area (Å²) >= 11 is 12.1. The minimum absolute atomic E-state index is 0.0972. The van der Waals surface area contributed by atoms with E-state index in [0.29, 0.717) is 3.57 Å². The Balaban J connectivity index is 2.17. The fraction of sp³-hybridized carbons (Fsp3) is 0.435. The Kier molecular flexibility index (Phi) is 9.59. The summed E-state index contributed by atoms with van der Waals surface area (Å²) in [5, 5.41) is 4.74. The van der Waals surface area contributed by atoms with Crippen molar-refractivity contribution in [3.05, 3.63) is 21.3 Å². The van der Waals surface area contributed by atoms with E-state index in [1.807, 2.05) is 22.6 Å². The standard InChI is InChI=1S/C23H25IN4O8S2/c1-5-34-12-8-10(7-11(24)17(12)36-9-13(29)35-6-2)14(15-18(30)25-22(37)27(3)20(15)32)16-19(31)26-23(38)28(4)21(16)33/h7-8,14-16H,5-6,9H2,1-4H3,(H,25,30,37)(H,26,31,38). The van der Waals surface area contributed by atoms with Gasteiger partial charge in [0, 0.05) is 20.0 Å². The van der Waals surface area contributed by atoms with Crippen LogP contribution in [0.25, 0.3) is 0 Å². The van der Waals surface area contributed by atoms with E-state index < -0.39 is 47.4 Å². The summed E-state index contributed by atoms with van der Waals surface area (Å²) in [6.45, 7) is 3.41. The molecule has 1 aromatic carbocycles. The molecule has 2 fully saturated rings. The molecule has 38 heavy (non-hydrogen) atoms. The Morgan fingerprint density at radius 3 is 1.95 bits per heavy atom. The molecule has 1 aromatic rings. The second-order valence-electron chi connectivity index (χ2n) is 8.22. The summed E-state index contributed by atoms with van der Waals surface area (Å²) in [4.78, 5) is 67.0. The number of benzene rings is 1. The molecular weight excluding hydrogens is 651 g/mol. The van der Waals surface area contributed by atoms with Gasteiger partial charge < -0.3 is 24.8 Å². The average Bonchev–Trinajstić information content (AvgIpc) is 2.84. The lowest BCUT2D eigenvalue weighted by Gasteiger charge is -2.39. The van der Waals surface area contributed by atoms with Crippen LogP contribution in [-0.4, -0.2) is 83.5 Å². The first-order valence-corrected chi connectivity index (χ1v) is 13.3. The molecule has 0 spiro atoms. The second kappa shape index (κ2) is 12.3. The maximum Gasteiger partial charge on any atom is 0.344 e. The minimum Gasteiger partial charge on any atom is -0.490 e. The first-order chi connectivity index (χ1) is 17.9. The molecule has 15 heteroatoms. The quantitative estimate of drug-likeness (QED) is 0.166. The lowest BCUT2D eigenvalue weighted by Crippen LogP contribution is -2.62. The van der Waals surface area contributed by atoms with E-state index >= 15 is 0 Å². The smallest absolute Gasteiger partial charge is 0.344 e. The Hall–Kier alpha value is -2.92. The third-order valence-corrected chi connectivity index (χ3v) is 7.46. The molecule has 2 heterocycles. The number of carbonyl (C=O) groups excluding carboxylic acids is 5. The van der Waals surface area contributed by atoms with Gasteiger partial charge in [0.25, 0.3) is 0 Å². The zero-order chi connectivity index (χ0) is 28.3. The van der Waals surface area contributed by atoms with Gasteiger partial charge in [-0.3, -0.25) is 29.0 Å². The molecule has 204 valence electrons. The highest BCUT2D eigenvalue weighted by Gasteiger charge is 2.52. The van der Waals surface area contributed by atoms with Gasteiger partial charge in [-0.2, -0.15) is 0 Å². The molecule has 2 saturated heterocycles. The van der Waals surface area contributed by atoms with Gasteiger partial charge in [0.15, 0.2) is 28.3 Å². The predicted octanol–water partition coefficient (Wildman–Crippen LogP) is 0.694. The van der Waals surface area contributed by atoms with Crippen LogP contribution in [0.5, 0.6) is 11.5 Å². The van der Waals surface area contributed by atoms with Gasteiger partial charge in [0.05, 0.1) is 16.8 Å². The topological polar surface area (TPSA) is 144 Å². The van der Waals surface area contributed by atoms with Gasteiger partial charge >= 0.3 is 5.97 Å². The lowest BCUT2D eigenvalue weighted by molar-refractivity contribution is -0.147. The van der Waals surface area contributed by atoms with Crippen LogP contribution in [0.3, 0.4) is 0 Å². The molecule has 0 radical (unpaired) electrons. The van der Waals surface area contributed by atoms with Crippen molar-refractivity contribution >= 4 is 86.8 Å². The zero-order valence-electron chi connectivity index (χ0n) is 20.9. The SMILES string of the molecule is CCOC(=O)COc1c(I)cc(C(C2C(=O)NC(=S)N(C)C2=O)C2C(=O)NC(=S)N(C)C2=O)cc1OCC. The number of amides is 4. The lowest BCUT2D eigenvalue weighted by atomic mass is 9.73. The van der Waals surface area contributed by atoms with Gasteiger partial charge in [-0.05, 0) is 78.6 Å². The molecule has 0 aromatic heterocycles. The summed E-state index contributed by atoms with van der Waals surface area (Å²) < 4.78 is 16.8. The first kappa shape index (κ1) is 29.6. The van der Waals surface area contributed by atoms with Crippen molar-refractivity contribution < 1.29 is 38.2 Å². The number of rotatable bonds is 9. The summed E-state index contributed by atoms with van der Waals surface area (Å²) in [6.07, 6.45) is 0. The molecule has 12 nitrogen and oxygen atoms in total. The van der Waals surface area contributed by atoms with Crippen LogP contribution in [-0.2, 0) is 28.7 Å². The molecular formula is C23H25IN4O8S2. The Morgan fingerprint density at radius 1 is 0.947 bits per heavy atom. The second-order valence-corrected chi connectivity index (χ2v) is 10.2. The van der Waals surface area contributed by atoms with Gasteiger partial charge in [-0.25, -0.2) is 4.79 Å². The number of carbonyl (C=O) groups is 5. The predicted molar refractivity (Wildman–Crippen MR) is 149 cm³/mol. The van der Waals surface area contributed by atoms with E-state index in [9.17, 15) is 24.0 Å². The summed E-state index contributed by atoms with van der Waals surface area (Å²) in [6, 6.07) is 3.05. The summed E-state index contributed by atoms with van der Waals surface area (Å²) in [5.41, 5.74) is 0.283. The van der Waals surface area contributed by atoms with Crippen molar-refractivity contribution in [3.8, 4) is 11.5 Å². The van der Waals surface area contributed by atoms with E-state index in [1.54, 1.807) is 19.9 Å². The number of thiocarbonyl (C=S) groups is 2. The molecule has 2 aliphatic heterocycles. The number of nitrogens with zero attached hydrogens (tertiary/aromatic N) is 2. The van der Waals surface area contributed by atoms with Gasteiger partial charge in [0.2, 0.25) is 23.6 Å². The molecule has 2 aliphatic rings. The normalized spacial score (nSPS) is 20.7. The molecule has 0 bridgehead atoms. The largest absolute Gasteiger partial charge is 0.490 e. The molecule has 2 N–H and O–H groups in total. The highest BCUT2D eigenvalue weighted by atomic mass is 127. The van der Waals surface area contributed by atoms with Crippen molar-refractivity contribution in [1.82, 2.24) is 20.4 Å². The maximum absolute atomic E-state index is 13.4. The summed E-state index contributed by atoms with van der Waals surface area (Å²) in [5.74, 6) is -7.29. The zero-order valence-corrected chi connectivity index (χ0v) is 24.7. The number of nitrogens with one attached hydrogen (secondary N) is 2. The van der Waals surface area contributed by atoms with Crippen molar-refractivity contribution in [2.45, 2.75) is 19.8 Å². The molecule has 2 unspecified atom stereocenters. The van der Waals surface area contributed by atoms with Gasteiger partial charge in [-0.15, -0.1) is 0 Å². The van der Waals surface area contributed by atoms with E-state index in [0.717, 1.165) is 9.80 Å². The highest BCUT2D eigenvalue weighted by molar-refractivity contribution is 14.1. The van der Waals surface area contributed by atoms with Crippen LogP contribution in [0.15, 0.2) is 12.1 Å². The molecule has 4 amide bonds. The van der Waals surface area contributed by atoms with Crippen LogP contribution in [0.4, 0.5) is 0 Å². The molecule has 3 rings (SSSR count). The Bertz CT molecular complexity index is 1170.